The maximum atomic E-state index is 12.3. The van der Waals surface area contributed by atoms with Gasteiger partial charge in [0.15, 0.2) is 11.7 Å². The smallest absolute Gasteiger partial charge is 0.289 e. The maximum absolute atomic E-state index is 12.3. The van der Waals surface area contributed by atoms with Gasteiger partial charge in [0, 0.05) is 44.3 Å². The van der Waals surface area contributed by atoms with Crippen LogP contribution >= 0.6 is 35.3 Å². The van der Waals surface area contributed by atoms with Gasteiger partial charge in [-0.2, -0.15) is 0 Å². The molecule has 0 spiro atoms. The molecule has 3 rings (SSSR count). The molecule has 1 amide bonds. The van der Waals surface area contributed by atoms with Crippen molar-refractivity contribution in [3.8, 4) is 0 Å². The quantitative estimate of drug-likeness (QED) is 0.406. The molecule has 1 aliphatic heterocycles. The normalized spacial score (nSPS) is 14.9. The van der Waals surface area contributed by atoms with Gasteiger partial charge in [-0.1, -0.05) is 6.92 Å². The van der Waals surface area contributed by atoms with Crippen molar-refractivity contribution in [2.75, 3.05) is 33.2 Å². The lowest BCUT2D eigenvalue weighted by Gasteiger charge is -2.36. The highest BCUT2D eigenvalue weighted by molar-refractivity contribution is 14.0. The first-order valence-corrected chi connectivity index (χ1v) is 9.25. The molecule has 0 radical (unpaired) electrons. The van der Waals surface area contributed by atoms with E-state index in [0.29, 0.717) is 25.4 Å². The van der Waals surface area contributed by atoms with Crippen LogP contribution in [0.3, 0.4) is 0 Å². The summed E-state index contributed by atoms with van der Waals surface area (Å²) >= 11 is 1.72. The van der Waals surface area contributed by atoms with E-state index in [1.54, 1.807) is 30.5 Å². The second kappa shape index (κ2) is 9.91. The fourth-order valence-corrected chi connectivity index (χ4v) is 3.56. The van der Waals surface area contributed by atoms with Crippen molar-refractivity contribution >= 4 is 47.2 Å². The molecular weight excluding hydrogens is 465 g/mol. The van der Waals surface area contributed by atoms with Crippen LogP contribution < -0.4 is 5.32 Å². The van der Waals surface area contributed by atoms with E-state index in [1.807, 2.05) is 11.1 Å². The lowest BCUT2D eigenvalue weighted by atomic mass is 10.3. The molecule has 0 aromatic carbocycles. The predicted molar refractivity (Wildman–Crippen MR) is 113 cm³/mol. The first-order chi connectivity index (χ1) is 12.2. The van der Waals surface area contributed by atoms with E-state index in [1.165, 1.54) is 11.1 Å². The van der Waals surface area contributed by atoms with Crippen LogP contribution in [-0.2, 0) is 13.0 Å². The molecule has 1 N–H and O–H groups in total. The fraction of sp³-hybridized carbons (Fsp3) is 0.471. The highest BCUT2D eigenvalue weighted by atomic mass is 127. The zero-order chi connectivity index (χ0) is 17.6. The van der Waals surface area contributed by atoms with E-state index >= 15 is 0 Å². The number of thiazole rings is 1. The summed E-state index contributed by atoms with van der Waals surface area (Å²) in [6.45, 7) is 5.58. The number of hydrogen-bond donors (Lipinski definition) is 1. The summed E-state index contributed by atoms with van der Waals surface area (Å²) in [7, 11) is 1.78. The summed E-state index contributed by atoms with van der Waals surface area (Å²) in [5.41, 5.74) is 0. The average molecular weight is 489 g/mol. The molecule has 1 aliphatic rings. The summed E-state index contributed by atoms with van der Waals surface area (Å²) in [4.78, 5) is 26.4. The SMILES string of the molecule is CCc1cnc(CNC(=NC)N2CCN(C(=O)c3ccco3)CC2)s1.I. The number of rotatable bonds is 4. The molecule has 1 fully saturated rings. The molecule has 0 saturated carbocycles. The minimum Gasteiger partial charge on any atom is -0.459 e. The van der Waals surface area contributed by atoms with Crippen LogP contribution in [-0.4, -0.2) is 59.9 Å². The molecule has 2 aromatic heterocycles. The van der Waals surface area contributed by atoms with Crippen LogP contribution in [0.2, 0.25) is 0 Å². The molecule has 9 heteroatoms. The van der Waals surface area contributed by atoms with Gasteiger partial charge in [-0.05, 0) is 18.6 Å². The van der Waals surface area contributed by atoms with Crippen LogP contribution in [0.5, 0.6) is 0 Å². The largest absolute Gasteiger partial charge is 0.459 e. The Bertz CT molecular complexity index is 723. The van der Waals surface area contributed by atoms with Gasteiger partial charge in [-0.15, -0.1) is 35.3 Å². The number of nitrogens with zero attached hydrogens (tertiary/aromatic N) is 4. The number of piperazine rings is 1. The van der Waals surface area contributed by atoms with Gasteiger partial charge in [-0.25, -0.2) is 4.98 Å². The Kier molecular flexibility index (Phi) is 7.88. The first-order valence-electron chi connectivity index (χ1n) is 8.43. The number of guanidine groups is 1. The van der Waals surface area contributed by atoms with E-state index in [9.17, 15) is 4.79 Å². The number of hydrogen-bond acceptors (Lipinski definition) is 5. The Morgan fingerprint density at radius 2 is 2.08 bits per heavy atom. The van der Waals surface area contributed by atoms with Crippen molar-refractivity contribution in [2.24, 2.45) is 4.99 Å². The highest BCUT2D eigenvalue weighted by Crippen LogP contribution is 2.13. The van der Waals surface area contributed by atoms with Crippen molar-refractivity contribution in [2.45, 2.75) is 19.9 Å². The van der Waals surface area contributed by atoms with E-state index in [0.717, 1.165) is 30.5 Å². The molecular formula is C17H24IN5O2S. The van der Waals surface area contributed by atoms with Gasteiger partial charge >= 0.3 is 0 Å². The zero-order valence-electron chi connectivity index (χ0n) is 15.0. The fourth-order valence-electron chi connectivity index (χ4n) is 2.76. The number of aliphatic imine (C=N–C) groups is 1. The van der Waals surface area contributed by atoms with Crippen LogP contribution in [0, 0.1) is 0 Å². The molecule has 26 heavy (non-hydrogen) atoms. The highest BCUT2D eigenvalue weighted by Gasteiger charge is 2.25. The summed E-state index contributed by atoms with van der Waals surface area (Å²) < 4.78 is 5.20. The number of aryl methyl sites for hydroxylation is 1. The molecule has 1 saturated heterocycles. The number of furan rings is 1. The Hall–Kier alpha value is -1.62. The van der Waals surface area contributed by atoms with Crippen LogP contribution in [0.25, 0.3) is 0 Å². The number of nitrogens with one attached hydrogen (secondary N) is 1. The van der Waals surface area contributed by atoms with Gasteiger partial charge < -0.3 is 19.5 Å². The molecule has 2 aromatic rings. The minimum atomic E-state index is -0.0533. The number of carbonyl (C=O) groups is 1. The molecule has 0 aliphatic carbocycles. The van der Waals surface area contributed by atoms with Crippen molar-refractivity contribution in [1.82, 2.24) is 20.1 Å². The Balaban J connectivity index is 0.00000243. The minimum absolute atomic E-state index is 0. The van der Waals surface area contributed by atoms with E-state index < -0.39 is 0 Å². The van der Waals surface area contributed by atoms with E-state index in [4.69, 9.17) is 4.42 Å². The number of halogens is 1. The van der Waals surface area contributed by atoms with Gasteiger partial charge in [-0.3, -0.25) is 9.79 Å². The Morgan fingerprint density at radius 1 is 1.35 bits per heavy atom. The molecule has 142 valence electrons. The zero-order valence-corrected chi connectivity index (χ0v) is 18.1. The van der Waals surface area contributed by atoms with E-state index in [2.05, 4.69) is 27.1 Å². The second-order valence-electron chi connectivity index (χ2n) is 5.73. The van der Waals surface area contributed by atoms with Crippen LogP contribution in [0.1, 0.15) is 27.4 Å². The van der Waals surface area contributed by atoms with Crippen molar-refractivity contribution < 1.29 is 9.21 Å². The summed E-state index contributed by atoms with van der Waals surface area (Å²) in [6, 6.07) is 3.44. The number of amides is 1. The van der Waals surface area contributed by atoms with Crippen LogP contribution in [0.4, 0.5) is 0 Å². The second-order valence-corrected chi connectivity index (χ2v) is 6.93. The first kappa shape index (κ1) is 20.7. The maximum Gasteiger partial charge on any atom is 0.289 e. The van der Waals surface area contributed by atoms with Gasteiger partial charge in [0.2, 0.25) is 0 Å². The predicted octanol–water partition coefficient (Wildman–Crippen LogP) is 2.45. The van der Waals surface area contributed by atoms with Crippen molar-refractivity contribution in [1.29, 1.82) is 0 Å². The third kappa shape index (κ3) is 4.97. The van der Waals surface area contributed by atoms with Crippen molar-refractivity contribution in [3.05, 3.63) is 40.2 Å². The lowest BCUT2D eigenvalue weighted by Crippen LogP contribution is -2.53. The van der Waals surface area contributed by atoms with Gasteiger partial charge in [0.1, 0.15) is 5.01 Å². The number of aromatic nitrogens is 1. The molecule has 0 unspecified atom stereocenters. The topological polar surface area (TPSA) is 74.0 Å². The average Bonchev–Trinajstić information content (AvgIpc) is 3.34. The Labute approximate surface area is 174 Å². The Morgan fingerprint density at radius 3 is 2.65 bits per heavy atom. The third-order valence-electron chi connectivity index (χ3n) is 4.16. The molecule has 0 atom stereocenters. The summed E-state index contributed by atoms with van der Waals surface area (Å²) in [6.07, 6.45) is 4.47. The molecule has 7 nitrogen and oxygen atoms in total. The van der Waals surface area contributed by atoms with Gasteiger partial charge in [0.25, 0.3) is 5.91 Å². The number of carbonyl (C=O) groups excluding carboxylic acids is 1. The molecule has 0 bridgehead atoms. The van der Waals surface area contributed by atoms with Crippen LogP contribution in [0.15, 0.2) is 34.0 Å². The molecule has 3 heterocycles. The van der Waals surface area contributed by atoms with Crippen molar-refractivity contribution in [3.63, 3.8) is 0 Å². The monoisotopic (exact) mass is 489 g/mol. The lowest BCUT2D eigenvalue weighted by molar-refractivity contribution is 0.0657. The summed E-state index contributed by atoms with van der Waals surface area (Å²) in [5.74, 6) is 1.19. The standard InChI is InChI=1S/C17H23N5O2S.HI/c1-3-13-11-19-15(25-13)12-20-17(18-2)22-8-6-21(7-9-22)16(23)14-5-4-10-24-14;/h4-5,10-11H,3,6-9,12H2,1-2H3,(H,18,20);1H. The van der Waals surface area contributed by atoms with Gasteiger partial charge in [0.05, 0.1) is 12.8 Å². The van der Waals surface area contributed by atoms with E-state index in [-0.39, 0.29) is 29.9 Å². The summed E-state index contributed by atoms with van der Waals surface area (Å²) in [5, 5.41) is 4.43. The third-order valence-corrected chi connectivity index (χ3v) is 5.30.